The van der Waals surface area contributed by atoms with Gasteiger partial charge < -0.3 is 5.11 Å². The number of para-hydroxylation sites is 1. The lowest BCUT2D eigenvalue weighted by atomic mass is 10.0. The smallest absolute Gasteiger partial charge is 0.118 e. The van der Waals surface area contributed by atoms with Crippen LogP contribution < -0.4 is 0 Å². The Balaban J connectivity index is 0.00000137. The summed E-state index contributed by atoms with van der Waals surface area (Å²) in [5.41, 5.74) is 1.09. The maximum atomic E-state index is 9.58. The molecule has 0 bridgehead atoms. The van der Waals surface area contributed by atoms with Crippen molar-refractivity contribution in [3.8, 4) is 5.75 Å². The van der Waals surface area contributed by atoms with Crippen LogP contribution in [0, 0.1) is 0 Å². The number of aryl methyl sites for hydroxylation is 1. The van der Waals surface area contributed by atoms with Gasteiger partial charge in [0.2, 0.25) is 0 Å². The summed E-state index contributed by atoms with van der Waals surface area (Å²) in [4.78, 5) is 0. The Morgan fingerprint density at radius 3 is 2.00 bits per heavy atom. The average Bonchev–Trinajstić information content (AvgIpc) is 2.42. The molecule has 0 aliphatic rings. The Hall–Kier alpha value is -0.980. The van der Waals surface area contributed by atoms with Crippen molar-refractivity contribution in [2.45, 2.75) is 72.1 Å². The van der Waals surface area contributed by atoms with Crippen molar-refractivity contribution in [1.29, 1.82) is 0 Å². The van der Waals surface area contributed by atoms with E-state index < -0.39 is 0 Å². The van der Waals surface area contributed by atoms with Gasteiger partial charge in [0.15, 0.2) is 0 Å². The minimum absolute atomic E-state index is 0.452. The Labute approximate surface area is 113 Å². The van der Waals surface area contributed by atoms with E-state index in [-0.39, 0.29) is 0 Å². The van der Waals surface area contributed by atoms with E-state index in [2.05, 4.69) is 6.92 Å². The quantitative estimate of drug-likeness (QED) is 0.586. The van der Waals surface area contributed by atoms with Crippen LogP contribution in [0.25, 0.3) is 0 Å². The third kappa shape index (κ3) is 8.16. The highest BCUT2D eigenvalue weighted by Crippen LogP contribution is 2.18. The van der Waals surface area contributed by atoms with Crippen LogP contribution in [0.3, 0.4) is 0 Å². The summed E-state index contributed by atoms with van der Waals surface area (Å²) in [7, 11) is 0. The number of unbranched alkanes of at least 4 members (excludes halogenated alkanes) is 6. The zero-order chi connectivity index (χ0) is 13.6. The van der Waals surface area contributed by atoms with E-state index in [4.69, 9.17) is 0 Å². The predicted octanol–water partition coefficient (Wildman–Crippen LogP) is 5.71. The zero-order valence-electron chi connectivity index (χ0n) is 12.4. The summed E-state index contributed by atoms with van der Waals surface area (Å²) in [5, 5.41) is 9.58. The molecular formula is C17H30O. The van der Waals surface area contributed by atoms with Crippen LogP contribution in [-0.2, 0) is 6.42 Å². The molecule has 0 amide bonds. The minimum Gasteiger partial charge on any atom is -0.508 e. The van der Waals surface area contributed by atoms with E-state index in [1.54, 1.807) is 6.07 Å². The van der Waals surface area contributed by atoms with Gasteiger partial charge in [-0.25, -0.2) is 0 Å². The molecule has 104 valence electrons. The summed E-state index contributed by atoms with van der Waals surface area (Å²) >= 11 is 0. The van der Waals surface area contributed by atoms with Crippen LogP contribution >= 0.6 is 0 Å². The van der Waals surface area contributed by atoms with Crippen molar-refractivity contribution >= 4 is 0 Å². The molecule has 0 spiro atoms. The third-order valence-corrected chi connectivity index (χ3v) is 3.04. The first-order chi connectivity index (χ1) is 8.84. The molecule has 0 atom stereocenters. The van der Waals surface area contributed by atoms with Gasteiger partial charge in [0.25, 0.3) is 0 Å². The van der Waals surface area contributed by atoms with Gasteiger partial charge in [-0.15, -0.1) is 0 Å². The highest BCUT2D eigenvalue weighted by molar-refractivity contribution is 5.31. The van der Waals surface area contributed by atoms with E-state index in [1.807, 2.05) is 32.0 Å². The minimum atomic E-state index is 0.452. The Bertz CT molecular complexity index is 281. The van der Waals surface area contributed by atoms with Gasteiger partial charge >= 0.3 is 0 Å². The van der Waals surface area contributed by atoms with Crippen LogP contribution in [0.5, 0.6) is 5.75 Å². The molecule has 0 unspecified atom stereocenters. The van der Waals surface area contributed by atoms with Crippen LogP contribution in [0.1, 0.15) is 71.3 Å². The normalized spacial score (nSPS) is 9.72. The molecule has 0 heterocycles. The topological polar surface area (TPSA) is 20.2 Å². The monoisotopic (exact) mass is 250 g/mol. The van der Waals surface area contributed by atoms with Gasteiger partial charge in [-0.2, -0.15) is 0 Å². The van der Waals surface area contributed by atoms with E-state index in [0.717, 1.165) is 12.0 Å². The molecule has 0 radical (unpaired) electrons. The maximum Gasteiger partial charge on any atom is 0.118 e. The van der Waals surface area contributed by atoms with Crippen LogP contribution in [0.2, 0.25) is 0 Å². The van der Waals surface area contributed by atoms with Crippen molar-refractivity contribution in [1.82, 2.24) is 0 Å². The van der Waals surface area contributed by atoms with Crippen LogP contribution in [0.4, 0.5) is 0 Å². The fourth-order valence-corrected chi connectivity index (χ4v) is 1.99. The molecule has 1 aromatic rings. The molecule has 1 aromatic carbocycles. The lowest BCUT2D eigenvalue weighted by Crippen LogP contribution is -1.87. The maximum absolute atomic E-state index is 9.58. The van der Waals surface area contributed by atoms with Crippen molar-refractivity contribution in [2.75, 3.05) is 0 Å². The predicted molar refractivity (Wildman–Crippen MR) is 81.2 cm³/mol. The van der Waals surface area contributed by atoms with E-state index in [1.165, 1.54) is 44.9 Å². The number of benzene rings is 1. The summed E-state index contributed by atoms with van der Waals surface area (Å²) in [5.74, 6) is 0.452. The standard InChI is InChI=1S/C15H24O.C2H6/c1-2-3-4-5-6-7-8-11-14-12-9-10-13-15(14)16;1-2/h9-10,12-13,16H,2-8,11H2,1H3;1-2H3. The molecule has 0 aliphatic heterocycles. The van der Waals surface area contributed by atoms with Crippen molar-refractivity contribution < 1.29 is 5.11 Å². The second-order valence-electron chi connectivity index (χ2n) is 4.50. The molecule has 18 heavy (non-hydrogen) atoms. The average molecular weight is 250 g/mol. The third-order valence-electron chi connectivity index (χ3n) is 3.04. The number of aromatic hydroxyl groups is 1. The second-order valence-corrected chi connectivity index (χ2v) is 4.50. The summed E-state index contributed by atoms with van der Waals surface area (Å²) in [6, 6.07) is 7.67. The fraction of sp³-hybridized carbons (Fsp3) is 0.647. The molecule has 0 saturated heterocycles. The molecular weight excluding hydrogens is 220 g/mol. The number of hydrogen-bond donors (Lipinski definition) is 1. The Morgan fingerprint density at radius 1 is 0.833 bits per heavy atom. The van der Waals surface area contributed by atoms with Crippen molar-refractivity contribution in [2.24, 2.45) is 0 Å². The molecule has 0 fully saturated rings. The SMILES string of the molecule is CC.CCCCCCCCCc1ccccc1O. The first-order valence-corrected chi connectivity index (χ1v) is 7.61. The first-order valence-electron chi connectivity index (χ1n) is 7.61. The van der Waals surface area contributed by atoms with Gasteiger partial charge in [-0.05, 0) is 24.5 Å². The van der Waals surface area contributed by atoms with Gasteiger partial charge in [0.1, 0.15) is 5.75 Å². The number of hydrogen-bond acceptors (Lipinski definition) is 1. The number of rotatable bonds is 8. The molecule has 1 heteroatoms. The van der Waals surface area contributed by atoms with E-state index in [0.29, 0.717) is 5.75 Å². The lowest BCUT2D eigenvalue weighted by molar-refractivity contribution is 0.466. The molecule has 0 saturated carbocycles. The largest absolute Gasteiger partial charge is 0.508 e. The zero-order valence-corrected chi connectivity index (χ0v) is 12.4. The number of phenolic OH excluding ortho intramolecular Hbond substituents is 1. The van der Waals surface area contributed by atoms with E-state index >= 15 is 0 Å². The summed E-state index contributed by atoms with van der Waals surface area (Å²) < 4.78 is 0. The first kappa shape index (κ1) is 17.0. The highest BCUT2D eigenvalue weighted by atomic mass is 16.3. The van der Waals surface area contributed by atoms with Crippen LogP contribution in [-0.4, -0.2) is 5.11 Å². The highest BCUT2D eigenvalue weighted by Gasteiger charge is 1.98. The summed E-state index contributed by atoms with van der Waals surface area (Å²) in [6.07, 6.45) is 10.3. The molecule has 1 N–H and O–H groups in total. The lowest BCUT2D eigenvalue weighted by Gasteiger charge is -2.04. The van der Waals surface area contributed by atoms with Gasteiger partial charge in [-0.1, -0.05) is 77.5 Å². The van der Waals surface area contributed by atoms with Gasteiger partial charge in [0.05, 0.1) is 0 Å². The molecule has 0 aliphatic carbocycles. The second kappa shape index (κ2) is 12.5. The Morgan fingerprint density at radius 2 is 1.39 bits per heavy atom. The number of phenols is 1. The van der Waals surface area contributed by atoms with E-state index in [9.17, 15) is 5.11 Å². The summed E-state index contributed by atoms with van der Waals surface area (Å²) in [6.45, 7) is 6.25. The molecule has 1 nitrogen and oxygen atoms in total. The van der Waals surface area contributed by atoms with Gasteiger partial charge in [-0.3, -0.25) is 0 Å². The van der Waals surface area contributed by atoms with Crippen molar-refractivity contribution in [3.05, 3.63) is 29.8 Å². The Kier molecular flexibility index (Phi) is 11.8. The van der Waals surface area contributed by atoms with Crippen LogP contribution in [0.15, 0.2) is 24.3 Å². The van der Waals surface area contributed by atoms with Gasteiger partial charge in [0, 0.05) is 0 Å². The molecule has 0 aromatic heterocycles. The fourth-order valence-electron chi connectivity index (χ4n) is 1.99. The van der Waals surface area contributed by atoms with Crippen molar-refractivity contribution in [3.63, 3.8) is 0 Å². The molecule has 1 rings (SSSR count).